The van der Waals surface area contributed by atoms with Crippen LogP contribution in [0.2, 0.25) is 0 Å². The first-order valence-corrected chi connectivity index (χ1v) is 7.33. The van der Waals surface area contributed by atoms with Gasteiger partial charge < -0.3 is 10.3 Å². The van der Waals surface area contributed by atoms with Gasteiger partial charge in [-0.15, -0.1) is 11.3 Å². The molecule has 0 atom stereocenters. The molecule has 0 radical (unpaired) electrons. The number of benzene rings is 1. The fraction of sp³-hybridized carbons (Fsp3) is 0.200. The van der Waals surface area contributed by atoms with Gasteiger partial charge in [-0.2, -0.15) is 0 Å². The van der Waals surface area contributed by atoms with Crippen molar-refractivity contribution in [3.63, 3.8) is 0 Å². The molecule has 0 aliphatic rings. The lowest BCUT2D eigenvalue weighted by Gasteiger charge is -2.07. The summed E-state index contributed by atoms with van der Waals surface area (Å²) in [7, 11) is 0. The van der Waals surface area contributed by atoms with Crippen LogP contribution >= 0.6 is 11.3 Å². The normalized spacial score (nSPS) is 11.1. The standard InChI is InChI=1S/C15H15N3OS/c1-10-4-2-3-5-11(10)8-16-9-13-17-12-6-7-20-14(12)15(19)18-13/h2-7,16H,8-9H2,1H3,(H,17,18,19). The largest absolute Gasteiger partial charge is 0.308 e. The predicted molar refractivity (Wildman–Crippen MR) is 82.0 cm³/mol. The van der Waals surface area contributed by atoms with Gasteiger partial charge in [-0.1, -0.05) is 24.3 Å². The summed E-state index contributed by atoms with van der Waals surface area (Å²) in [5.41, 5.74) is 3.23. The molecule has 2 N–H and O–H groups in total. The van der Waals surface area contributed by atoms with Gasteiger partial charge in [0.15, 0.2) is 0 Å². The first kappa shape index (κ1) is 13.0. The maximum Gasteiger partial charge on any atom is 0.268 e. The molecule has 0 saturated carbocycles. The van der Waals surface area contributed by atoms with Crippen molar-refractivity contribution in [1.82, 2.24) is 15.3 Å². The van der Waals surface area contributed by atoms with Gasteiger partial charge in [0.2, 0.25) is 0 Å². The topological polar surface area (TPSA) is 57.8 Å². The maximum atomic E-state index is 11.8. The van der Waals surface area contributed by atoms with E-state index < -0.39 is 0 Å². The third kappa shape index (κ3) is 2.64. The number of H-pyrrole nitrogens is 1. The van der Waals surface area contributed by atoms with Gasteiger partial charge in [-0.3, -0.25) is 4.79 Å². The van der Waals surface area contributed by atoms with Crippen molar-refractivity contribution in [2.45, 2.75) is 20.0 Å². The van der Waals surface area contributed by atoms with Crippen LogP contribution in [0.1, 0.15) is 17.0 Å². The molecule has 20 heavy (non-hydrogen) atoms. The highest BCUT2D eigenvalue weighted by Gasteiger charge is 2.04. The quantitative estimate of drug-likeness (QED) is 0.774. The van der Waals surface area contributed by atoms with Crippen LogP contribution in [-0.2, 0) is 13.1 Å². The average molecular weight is 285 g/mol. The molecule has 0 spiro atoms. The number of thiophene rings is 1. The molecule has 1 aromatic carbocycles. The summed E-state index contributed by atoms with van der Waals surface area (Å²) < 4.78 is 0.688. The van der Waals surface area contributed by atoms with Crippen molar-refractivity contribution < 1.29 is 0 Å². The summed E-state index contributed by atoms with van der Waals surface area (Å²) >= 11 is 1.42. The molecule has 0 unspecified atom stereocenters. The molecule has 0 saturated heterocycles. The van der Waals surface area contributed by atoms with Crippen LogP contribution in [0, 0.1) is 6.92 Å². The van der Waals surface area contributed by atoms with Crippen molar-refractivity contribution in [2.75, 3.05) is 0 Å². The van der Waals surface area contributed by atoms with Crippen LogP contribution in [0.25, 0.3) is 10.2 Å². The fourth-order valence-electron chi connectivity index (χ4n) is 2.13. The lowest BCUT2D eigenvalue weighted by atomic mass is 10.1. The Labute approximate surface area is 120 Å². The molecule has 5 heteroatoms. The Morgan fingerprint density at radius 2 is 2.10 bits per heavy atom. The van der Waals surface area contributed by atoms with Crippen LogP contribution in [0.3, 0.4) is 0 Å². The molecule has 0 aliphatic heterocycles. The molecule has 4 nitrogen and oxygen atoms in total. The monoisotopic (exact) mass is 285 g/mol. The SMILES string of the molecule is Cc1ccccc1CNCc1nc2ccsc2c(=O)[nH]1. The summed E-state index contributed by atoms with van der Waals surface area (Å²) in [5.74, 6) is 0.675. The van der Waals surface area contributed by atoms with Crippen LogP contribution in [0.4, 0.5) is 0 Å². The number of nitrogens with zero attached hydrogens (tertiary/aromatic N) is 1. The second kappa shape index (κ2) is 5.56. The first-order valence-electron chi connectivity index (χ1n) is 6.45. The first-order chi connectivity index (χ1) is 9.74. The summed E-state index contributed by atoms with van der Waals surface area (Å²) in [6, 6.07) is 10.1. The number of fused-ring (bicyclic) bond motifs is 1. The van der Waals surface area contributed by atoms with E-state index >= 15 is 0 Å². The number of hydrogen-bond donors (Lipinski definition) is 2. The molecule has 2 aromatic heterocycles. The molecule has 0 bridgehead atoms. The highest BCUT2D eigenvalue weighted by Crippen LogP contribution is 2.13. The van der Waals surface area contributed by atoms with E-state index in [-0.39, 0.29) is 5.56 Å². The van der Waals surface area contributed by atoms with Crippen molar-refractivity contribution in [3.05, 3.63) is 63.0 Å². The Balaban J connectivity index is 1.71. The molecular weight excluding hydrogens is 270 g/mol. The van der Waals surface area contributed by atoms with E-state index in [1.807, 2.05) is 23.6 Å². The molecule has 3 aromatic rings. The van der Waals surface area contributed by atoms with Crippen LogP contribution < -0.4 is 10.9 Å². The van der Waals surface area contributed by atoms with E-state index in [1.54, 1.807) is 0 Å². The van der Waals surface area contributed by atoms with E-state index in [1.165, 1.54) is 22.5 Å². The molecule has 102 valence electrons. The van der Waals surface area contributed by atoms with Gasteiger partial charge in [0, 0.05) is 6.54 Å². The molecule has 0 amide bonds. The third-order valence-corrected chi connectivity index (χ3v) is 4.14. The van der Waals surface area contributed by atoms with E-state index in [0.29, 0.717) is 17.1 Å². The number of nitrogens with one attached hydrogen (secondary N) is 2. The van der Waals surface area contributed by atoms with Gasteiger partial charge in [-0.25, -0.2) is 4.98 Å². The number of aryl methyl sites for hydroxylation is 1. The molecule has 2 heterocycles. The Kier molecular flexibility index (Phi) is 3.62. The van der Waals surface area contributed by atoms with Gasteiger partial charge in [-0.05, 0) is 29.5 Å². The highest BCUT2D eigenvalue weighted by atomic mass is 32.1. The minimum atomic E-state index is -0.0577. The Hall–Kier alpha value is -1.98. The minimum absolute atomic E-state index is 0.0577. The minimum Gasteiger partial charge on any atom is -0.308 e. The predicted octanol–water partition coefficient (Wildman–Crippen LogP) is 2.58. The van der Waals surface area contributed by atoms with Crippen LogP contribution in [0.15, 0.2) is 40.5 Å². The second-order valence-electron chi connectivity index (χ2n) is 4.68. The van der Waals surface area contributed by atoms with Crippen molar-refractivity contribution >= 4 is 21.6 Å². The Morgan fingerprint density at radius 3 is 2.95 bits per heavy atom. The summed E-state index contributed by atoms with van der Waals surface area (Å²) in [5, 5.41) is 5.20. The fourth-order valence-corrected chi connectivity index (χ4v) is 2.85. The van der Waals surface area contributed by atoms with E-state index in [0.717, 1.165) is 12.1 Å². The Morgan fingerprint density at radius 1 is 1.25 bits per heavy atom. The van der Waals surface area contributed by atoms with Crippen molar-refractivity contribution in [2.24, 2.45) is 0 Å². The van der Waals surface area contributed by atoms with Crippen LogP contribution in [-0.4, -0.2) is 9.97 Å². The number of rotatable bonds is 4. The smallest absolute Gasteiger partial charge is 0.268 e. The summed E-state index contributed by atoms with van der Waals surface area (Å²) in [6.07, 6.45) is 0. The van der Waals surface area contributed by atoms with E-state index in [2.05, 4.69) is 34.3 Å². The summed E-state index contributed by atoms with van der Waals surface area (Å²) in [4.78, 5) is 19.1. The molecule has 0 aliphatic carbocycles. The average Bonchev–Trinajstić information content (AvgIpc) is 2.90. The Bertz CT molecular complexity index is 791. The zero-order valence-electron chi connectivity index (χ0n) is 11.1. The van der Waals surface area contributed by atoms with Crippen molar-refractivity contribution in [1.29, 1.82) is 0 Å². The molecule has 0 fully saturated rings. The van der Waals surface area contributed by atoms with Crippen molar-refractivity contribution in [3.8, 4) is 0 Å². The molecule has 3 rings (SSSR count). The lowest BCUT2D eigenvalue weighted by Crippen LogP contribution is -2.19. The van der Waals surface area contributed by atoms with Gasteiger partial charge in [0.1, 0.15) is 10.5 Å². The molecular formula is C15H15N3OS. The van der Waals surface area contributed by atoms with Crippen LogP contribution in [0.5, 0.6) is 0 Å². The van der Waals surface area contributed by atoms with E-state index in [4.69, 9.17) is 0 Å². The maximum absolute atomic E-state index is 11.8. The number of hydrogen-bond acceptors (Lipinski definition) is 4. The van der Waals surface area contributed by atoms with Gasteiger partial charge in [0.05, 0.1) is 12.1 Å². The number of aromatic nitrogens is 2. The number of aromatic amines is 1. The highest BCUT2D eigenvalue weighted by molar-refractivity contribution is 7.17. The lowest BCUT2D eigenvalue weighted by molar-refractivity contribution is 0.661. The zero-order chi connectivity index (χ0) is 13.9. The zero-order valence-corrected chi connectivity index (χ0v) is 12.0. The van der Waals surface area contributed by atoms with Gasteiger partial charge >= 0.3 is 0 Å². The summed E-state index contributed by atoms with van der Waals surface area (Å²) in [6.45, 7) is 3.40. The van der Waals surface area contributed by atoms with Gasteiger partial charge in [0.25, 0.3) is 5.56 Å². The third-order valence-electron chi connectivity index (χ3n) is 3.23. The van der Waals surface area contributed by atoms with E-state index in [9.17, 15) is 4.79 Å². The second-order valence-corrected chi connectivity index (χ2v) is 5.59.